The van der Waals surface area contributed by atoms with Gasteiger partial charge < -0.3 is 19.7 Å². The first-order chi connectivity index (χ1) is 15.2. The zero-order valence-electron chi connectivity index (χ0n) is 19.9. The van der Waals surface area contributed by atoms with E-state index in [0.29, 0.717) is 18.1 Å². The van der Waals surface area contributed by atoms with Crippen molar-refractivity contribution in [3.8, 4) is 5.75 Å². The number of likely N-dealkylation sites (tertiary alicyclic amines) is 1. The summed E-state index contributed by atoms with van der Waals surface area (Å²) in [7, 11) is 4.09. The number of guanidine groups is 1. The first-order valence-corrected chi connectivity index (χ1v) is 12.1. The lowest BCUT2D eigenvalue weighted by Crippen LogP contribution is -2.40. The van der Waals surface area contributed by atoms with Crippen molar-refractivity contribution in [2.45, 2.75) is 57.5 Å². The number of benzene rings is 1. The minimum Gasteiger partial charge on any atom is -0.492 e. The van der Waals surface area contributed by atoms with Gasteiger partial charge in [0.2, 0.25) is 0 Å². The maximum Gasteiger partial charge on any atom is 0.193 e. The molecule has 3 aliphatic rings. The number of likely N-dealkylation sites (N-methyl/N-ethyl adjacent to an activating group) is 1. The Bertz CT molecular complexity index is 732. The molecule has 0 atom stereocenters. The summed E-state index contributed by atoms with van der Waals surface area (Å²) < 4.78 is 11.5. The molecule has 4 rings (SSSR count). The third-order valence-electron chi connectivity index (χ3n) is 7.49. The van der Waals surface area contributed by atoms with E-state index >= 15 is 0 Å². The molecule has 6 nitrogen and oxygen atoms in total. The molecular formula is C25H41IN4O2. The second-order valence-electron chi connectivity index (χ2n) is 9.60. The molecule has 1 aliphatic carbocycles. The number of rotatable bonds is 7. The first kappa shape index (κ1) is 25.6. The number of hydrogen-bond acceptors (Lipinski definition) is 4. The highest BCUT2D eigenvalue weighted by Crippen LogP contribution is 2.45. The van der Waals surface area contributed by atoms with Gasteiger partial charge in [-0.15, -0.1) is 24.0 Å². The normalized spacial score (nSPS) is 21.2. The Kier molecular flexibility index (Phi) is 9.92. The van der Waals surface area contributed by atoms with Gasteiger partial charge in [-0.2, -0.15) is 0 Å². The molecule has 32 heavy (non-hydrogen) atoms. The van der Waals surface area contributed by atoms with E-state index in [9.17, 15) is 0 Å². The summed E-state index contributed by atoms with van der Waals surface area (Å²) in [6.45, 7) is 6.48. The molecule has 1 aromatic carbocycles. The van der Waals surface area contributed by atoms with Crippen LogP contribution in [0.4, 0.5) is 0 Å². The molecule has 2 saturated heterocycles. The molecule has 3 fully saturated rings. The van der Waals surface area contributed by atoms with Gasteiger partial charge in [-0.05, 0) is 62.3 Å². The third-order valence-corrected chi connectivity index (χ3v) is 7.49. The summed E-state index contributed by atoms with van der Waals surface area (Å²) in [5.74, 6) is 1.98. The second-order valence-corrected chi connectivity index (χ2v) is 9.60. The summed E-state index contributed by atoms with van der Waals surface area (Å²) in [5.41, 5.74) is 1.79. The highest BCUT2D eigenvalue weighted by molar-refractivity contribution is 14.0. The lowest BCUT2D eigenvalue weighted by Gasteiger charge is -2.31. The molecule has 0 aromatic heterocycles. The fourth-order valence-corrected chi connectivity index (χ4v) is 5.52. The van der Waals surface area contributed by atoms with Crippen LogP contribution in [0.1, 0.15) is 50.5 Å². The zero-order chi connectivity index (χ0) is 21.5. The van der Waals surface area contributed by atoms with Crippen LogP contribution >= 0.6 is 24.0 Å². The van der Waals surface area contributed by atoms with Gasteiger partial charge >= 0.3 is 0 Å². The van der Waals surface area contributed by atoms with Gasteiger partial charge in [0.25, 0.3) is 0 Å². The van der Waals surface area contributed by atoms with Crippen molar-refractivity contribution < 1.29 is 9.47 Å². The third kappa shape index (κ3) is 6.73. The molecule has 2 aliphatic heterocycles. The highest BCUT2D eigenvalue weighted by Gasteiger charge is 2.41. The number of halogens is 1. The standard InChI is InChI=1S/C25H40N4O2.HI/c1-26-24(29-13-12-25(20-29)10-3-4-11-25)27-19-21-6-5-7-23(18-21)31-17-14-28(2)22-8-15-30-16-9-22;/h5-7,18,22H,3-4,8-17,19-20H2,1-2H3,(H,26,27);1H. The number of ether oxygens (including phenoxy) is 2. The lowest BCUT2D eigenvalue weighted by molar-refractivity contribution is 0.0392. The maximum atomic E-state index is 6.06. The van der Waals surface area contributed by atoms with E-state index < -0.39 is 0 Å². The van der Waals surface area contributed by atoms with Crippen LogP contribution in [-0.2, 0) is 11.3 Å². The Morgan fingerprint density at radius 3 is 2.78 bits per heavy atom. The van der Waals surface area contributed by atoms with Gasteiger partial charge in [0.1, 0.15) is 12.4 Å². The molecule has 1 N–H and O–H groups in total. The van der Waals surface area contributed by atoms with Gasteiger partial charge in [-0.25, -0.2) is 0 Å². The summed E-state index contributed by atoms with van der Waals surface area (Å²) in [6.07, 6.45) is 9.15. The smallest absolute Gasteiger partial charge is 0.193 e. The Morgan fingerprint density at radius 2 is 2.03 bits per heavy atom. The molecule has 1 saturated carbocycles. The molecule has 0 amide bonds. The Hall–Kier alpha value is -1.06. The van der Waals surface area contributed by atoms with E-state index in [-0.39, 0.29) is 24.0 Å². The molecule has 0 unspecified atom stereocenters. The lowest BCUT2D eigenvalue weighted by atomic mass is 9.86. The fourth-order valence-electron chi connectivity index (χ4n) is 5.52. The van der Waals surface area contributed by atoms with Gasteiger partial charge in [0.05, 0.1) is 0 Å². The molecular weight excluding hydrogens is 515 g/mol. The average molecular weight is 557 g/mol. The average Bonchev–Trinajstić information content (AvgIpc) is 3.45. The SMILES string of the molecule is CN=C(NCc1cccc(OCCN(C)C2CCOCC2)c1)N1CCC2(CCCC2)C1.I. The quantitative estimate of drug-likeness (QED) is 0.311. The molecule has 0 radical (unpaired) electrons. The number of aliphatic imine (C=N–C) groups is 1. The van der Waals surface area contributed by atoms with E-state index in [1.54, 1.807) is 0 Å². The molecule has 2 heterocycles. The van der Waals surface area contributed by atoms with Crippen LogP contribution in [-0.4, -0.2) is 75.4 Å². The number of hydrogen-bond donors (Lipinski definition) is 1. The predicted octanol–water partition coefficient (Wildman–Crippen LogP) is 4.14. The minimum atomic E-state index is 0. The number of nitrogens with one attached hydrogen (secondary N) is 1. The summed E-state index contributed by atoms with van der Waals surface area (Å²) in [6, 6.07) is 9.06. The molecule has 0 bridgehead atoms. The van der Waals surface area contributed by atoms with E-state index in [4.69, 9.17) is 9.47 Å². The molecule has 180 valence electrons. The van der Waals surface area contributed by atoms with Crippen LogP contribution in [0.2, 0.25) is 0 Å². The summed E-state index contributed by atoms with van der Waals surface area (Å²) in [5, 5.41) is 3.58. The van der Waals surface area contributed by atoms with Gasteiger partial charge in [-0.1, -0.05) is 25.0 Å². The maximum absolute atomic E-state index is 6.06. The van der Waals surface area contributed by atoms with Crippen molar-refractivity contribution in [3.63, 3.8) is 0 Å². The van der Waals surface area contributed by atoms with Crippen molar-refractivity contribution >= 4 is 29.9 Å². The Labute approximate surface area is 211 Å². The summed E-state index contributed by atoms with van der Waals surface area (Å²) >= 11 is 0. The Balaban J connectivity index is 0.00000289. The highest BCUT2D eigenvalue weighted by atomic mass is 127. The number of nitrogens with zero attached hydrogens (tertiary/aromatic N) is 3. The van der Waals surface area contributed by atoms with Gasteiger partial charge in [0, 0.05) is 52.5 Å². The largest absolute Gasteiger partial charge is 0.492 e. The van der Waals surface area contributed by atoms with Gasteiger partial charge in [-0.3, -0.25) is 9.89 Å². The van der Waals surface area contributed by atoms with Crippen LogP contribution < -0.4 is 10.1 Å². The first-order valence-electron chi connectivity index (χ1n) is 12.1. The predicted molar refractivity (Wildman–Crippen MR) is 141 cm³/mol. The monoisotopic (exact) mass is 556 g/mol. The van der Waals surface area contributed by atoms with Crippen LogP contribution in [0.15, 0.2) is 29.3 Å². The van der Waals surface area contributed by atoms with Crippen molar-refractivity contribution in [2.75, 3.05) is 53.6 Å². The van der Waals surface area contributed by atoms with Crippen molar-refractivity contribution in [1.29, 1.82) is 0 Å². The van der Waals surface area contributed by atoms with E-state index in [2.05, 4.69) is 51.4 Å². The topological polar surface area (TPSA) is 49.3 Å². The summed E-state index contributed by atoms with van der Waals surface area (Å²) in [4.78, 5) is 9.43. The van der Waals surface area contributed by atoms with Crippen LogP contribution in [0.5, 0.6) is 5.75 Å². The van der Waals surface area contributed by atoms with Crippen molar-refractivity contribution in [2.24, 2.45) is 10.4 Å². The van der Waals surface area contributed by atoms with Crippen molar-refractivity contribution in [1.82, 2.24) is 15.1 Å². The minimum absolute atomic E-state index is 0. The zero-order valence-corrected chi connectivity index (χ0v) is 22.2. The Morgan fingerprint density at radius 1 is 1.25 bits per heavy atom. The van der Waals surface area contributed by atoms with E-state index in [1.807, 2.05) is 7.05 Å². The molecule has 1 aromatic rings. The van der Waals surface area contributed by atoms with E-state index in [1.165, 1.54) is 37.7 Å². The molecule has 7 heteroatoms. The van der Waals surface area contributed by atoms with Crippen LogP contribution in [0.25, 0.3) is 0 Å². The van der Waals surface area contributed by atoms with E-state index in [0.717, 1.165) is 63.9 Å². The molecule has 1 spiro atoms. The van der Waals surface area contributed by atoms with Gasteiger partial charge in [0.15, 0.2) is 5.96 Å². The van der Waals surface area contributed by atoms with Crippen molar-refractivity contribution in [3.05, 3.63) is 29.8 Å². The van der Waals surface area contributed by atoms with Crippen LogP contribution in [0.3, 0.4) is 0 Å². The fraction of sp³-hybridized carbons (Fsp3) is 0.720. The van der Waals surface area contributed by atoms with Crippen LogP contribution in [0, 0.1) is 5.41 Å². The second kappa shape index (κ2) is 12.4.